The van der Waals surface area contributed by atoms with E-state index in [1.807, 2.05) is 6.92 Å². The molecule has 0 saturated heterocycles. The number of alkyl halides is 1. The van der Waals surface area contributed by atoms with Crippen LogP contribution in [0, 0.1) is 6.92 Å². The normalized spacial score (nSPS) is 11.8. The van der Waals surface area contributed by atoms with Crippen LogP contribution in [0.4, 0.5) is 5.69 Å². The first-order valence-electron chi connectivity index (χ1n) is 5.09. The maximum absolute atomic E-state index is 11.5. The Hall–Kier alpha value is -1.55. The number of aryl methyl sites for hydroxylation is 1. The second-order valence-electron chi connectivity index (χ2n) is 3.63. The first-order valence-corrected chi connectivity index (χ1v) is 5.53. The number of amides is 1. The van der Waals surface area contributed by atoms with E-state index in [1.165, 1.54) is 7.11 Å². The van der Waals surface area contributed by atoms with Gasteiger partial charge in [0, 0.05) is 5.69 Å². The van der Waals surface area contributed by atoms with Gasteiger partial charge in [0.05, 0.1) is 12.7 Å². The standard InChI is InChI=1S/C12H14ClNO3/c1-7-4-5-9(12(16)17-3)6-10(7)14-11(15)8(2)13/h4-6,8H,1-3H3,(H,14,15). The van der Waals surface area contributed by atoms with Gasteiger partial charge >= 0.3 is 5.97 Å². The molecule has 5 heteroatoms. The zero-order valence-electron chi connectivity index (χ0n) is 9.91. The monoisotopic (exact) mass is 255 g/mol. The van der Waals surface area contributed by atoms with Crippen LogP contribution in [0.3, 0.4) is 0 Å². The summed E-state index contributed by atoms with van der Waals surface area (Å²) in [6.07, 6.45) is 0. The molecule has 0 heterocycles. The van der Waals surface area contributed by atoms with Gasteiger partial charge in [-0.1, -0.05) is 6.07 Å². The van der Waals surface area contributed by atoms with Crippen LogP contribution in [0.5, 0.6) is 0 Å². The van der Waals surface area contributed by atoms with Crippen molar-refractivity contribution in [3.05, 3.63) is 29.3 Å². The van der Waals surface area contributed by atoms with E-state index in [4.69, 9.17) is 11.6 Å². The van der Waals surface area contributed by atoms with E-state index >= 15 is 0 Å². The predicted molar refractivity (Wildman–Crippen MR) is 66.5 cm³/mol. The number of carbonyl (C=O) groups excluding carboxylic acids is 2. The lowest BCUT2D eigenvalue weighted by molar-refractivity contribution is -0.115. The lowest BCUT2D eigenvalue weighted by atomic mass is 10.1. The van der Waals surface area contributed by atoms with Gasteiger partial charge < -0.3 is 10.1 Å². The maximum atomic E-state index is 11.5. The van der Waals surface area contributed by atoms with Crippen molar-refractivity contribution in [1.82, 2.24) is 0 Å². The van der Waals surface area contributed by atoms with E-state index in [9.17, 15) is 9.59 Å². The smallest absolute Gasteiger partial charge is 0.337 e. The van der Waals surface area contributed by atoms with Crippen molar-refractivity contribution >= 4 is 29.2 Å². The number of methoxy groups -OCH3 is 1. The summed E-state index contributed by atoms with van der Waals surface area (Å²) in [5.74, 6) is -0.754. The number of rotatable bonds is 3. The van der Waals surface area contributed by atoms with Crippen molar-refractivity contribution in [2.75, 3.05) is 12.4 Å². The van der Waals surface area contributed by atoms with Gasteiger partial charge in [-0.15, -0.1) is 11.6 Å². The molecule has 1 unspecified atom stereocenters. The second-order valence-corrected chi connectivity index (χ2v) is 4.28. The van der Waals surface area contributed by atoms with Crippen LogP contribution >= 0.6 is 11.6 Å². The molecule has 1 N–H and O–H groups in total. The van der Waals surface area contributed by atoms with E-state index in [0.29, 0.717) is 11.3 Å². The average Bonchev–Trinajstić information content (AvgIpc) is 2.30. The molecule has 0 bridgehead atoms. The van der Waals surface area contributed by atoms with Crippen molar-refractivity contribution in [2.24, 2.45) is 0 Å². The third-order valence-electron chi connectivity index (χ3n) is 2.28. The number of nitrogens with one attached hydrogen (secondary N) is 1. The zero-order chi connectivity index (χ0) is 13.0. The number of benzene rings is 1. The largest absolute Gasteiger partial charge is 0.465 e. The van der Waals surface area contributed by atoms with Crippen molar-refractivity contribution < 1.29 is 14.3 Å². The quantitative estimate of drug-likeness (QED) is 0.666. The molecule has 92 valence electrons. The van der Waals surface area contributed by atoms with Crippen molar-refractivity contribution in [1.29, 1.82) is 0 Å². The summed E-state index contributed by atoms with van der Waals surface area (Å²) in [6.45, 7) is 3.41. The molecule has 1 aromatic rings. The number of hydrogen-bond acceptors (Lipinski definition) is 3. The highest BCUT2D eigenvalue weighted by Crippen LogP contribution is 2.18. The van der Waals surface area contributed by atoms with Gasteiger partial charge in [0.25, 0.3) is 0 Å². The SMILES string of the molecule is COC(=O)c1ccc(C)c(NC(=O)C(C)Cl)c1. The molecule has 0 fully saturated rings. The van der Waals surface area contributed by atoms with E-state index < -0.39 is 11.3 Å². The van der Waals surface area contributed by atoms with Crippen molar-refractivity contribution in [3.63, 3.8) is 0 Å². The topological polar surface area (TPSA) is 55.4 Å². The highest BCUT2D eigenvalue weighted by molar-refractivity contribution is 6.32. The molecule has 0 saturated carbocycles. The molecule has 4 nitrogen and oxygen atoms in total. The van der Waals surface area contributed by atoms with Crippen LogP contribution in [0.1, 0.15) is 22.8 Å². The molecule has 1 aromatic carbocycles. The molecule has 1 rings (SSSR count). The number of ether oxygens (including phenoxy) is 1. The summed E-state index contributed by atoms with van der Waals surface area (Å²) in [5, 5.41) is 2.02. The summed E-state index contributed by atoms with van der Waals surface area (Å²) < 4.78 is 4.61. The van der Waals surface area contributed by atoms with E-state index in [0.717, 1.165) is 5.56 Å². The summed E-state index contributed by atoms with van der Waals surface area (Å²) in [4.78, 5) is 22.8. The van der Waals surface area contributed by atoms with Gasteiger partial charge in [0.1, 0.15) is 5.38 Å². The zero-order valence-corrected chi connectivity index (χ0v) is 10.7. The van der Waals surface area contributed by atoms with Crippen LogP contribution in [0.2, 0.25) is 0 Å². The van der Waals surface area contributed by atoms with Gasteiger partial charge in [-0.2, -0.15) is 0 Å². The Morgan fingerprint density at radius 1 is 1.41 bits per heavy atom. The van der Waals surface area contributed by atoms with E-state index in [2.05, 4.69) is 10.1 Å². The summed E-state index contributed by atoms with van der Waals surface area (Å²) >= 11 is 5.66. The van der Waals surface area contributed by atoms with E-state index in [1.54, 1.807) is 25.1 Å². The van der Waals surface area contributed by atoms with Gasteiger partial charge in [0.15, 0.2) is 0 Å². The molecular weight excluding hydrogens is 242 g/mol. The molecule has 0 aliphatic carbocycles. The molecule has 1 atom stereocenters. The Kier molecular flexibility index (Phi) is 4.52. The van der Waals surface area contributed by atoms with E-state index in [-0.39, 0.29) is 5.91 Å². The molecular formula is C12H14ClNO3. The minimum atomic E-state index is -0.629. The Labute approximate surface area is 105 Å². The molecule has 0 aliphatic heterocycles. The van der Waals surface area contributed by atoms with Gasteiger partial charge in [0.2, 0.25) is 5.91 Å². The average molecular weight is 256 g/mol. The van der Waals surface area contributed by atoms with Crippen molar-refractivity contribution in [3.8, 4) is 0 Å². The first-order chi connectivity index (χ1) is 7.95. The van der Waals surface area contributed by atoms with Gasteiger partial charge in [-0.3, -0.25) is 4.79 Å². The predicted octanol–water partition coefficient (Wildman–Crippen LogP) is 2.35. The van der Waals surface area contributed by atoms with Crippen molar-refractivity contribution in [2.45, 2.75) is 19.2 Å². The molecule has 1 amide bonds. The summed E-state index contributed by atoms with van der Waals surface area (Å²) in [7, 11) is 1.31. The number of esters is 1. The van der Waals surface area contributed by atoms with Crippen LogP contribution in [0.15, 0.2) is 18.2 Å². The highest BCUT2D eigenvalue weighted by atomic mass is 35.5. The van der Waals surface area contributed by atoms with Crippen LogP contribution in [0.25, 0.3) is 0 Å². The fourth-order valence-electron chi connectivity index (χ4n) is 1.23. The third-order valence-corrected chi connectivity index (χ3v) is 2.48. The van der Waals surface area contributed by atoms with Crippen LogP contribution in [-0.2, 0) is 9.53 Å². The Balaban J connectivity index is 2.99. The Morgan fingerprint density at radius 2 is 2.06 bits per heavy atom. The Bertz CT molecular complexity index is 443. The minimum absolute atomic E-state index is 0.309. The second kappa shape index (κ2) is 5.68. The lowest BCUT2D eigenvalue weighted by Crippen LogP contribution is -2.21. The number of hydrogen-bond donors (Lipinski definition) is 1. The lowest BCUT2D eigenvalue weighted by Gasteiger charge is -2.10. The summed E-state index contributed by atoms with van der Waals surface area (Å²) in [5.41, 5.74) is 1.80. The molecule has 0 radical (unpaired) electrons. The first kappa shape index (κ1) is 13.5. The molecule has 17 heavy (non-hydrogen) atoms. The van der Waals surface area contributed by atoms with Crippen LogP contribution < -0.4 is 5.32 Å². The molecule has 0 aliphatic rings. The maximum Gasteiger partial charge on any atom is 0.337 e. The van der Waals surface area contributed by atoms with Gasteiger partial charge in [-0.25, -0.2) is 4.79 Å². The highest BCUT2D eigenvalue weighted by Gasteiger charge is 2.13. The third kappa shape index (κ3) is 3.46. The Morgan fingerprint density at radius 3 is 2.59 bits per heavy atom. The minimum Gasteiger partial charge on any atom is -0.465 e. The number of halogens is 1. The van der Waals surface area contributed by atoms with Gasteiger partial charge in [-0.05, 0) is 31.5 Å². The molecule has 0 aromatic heterocycles. The fraction of sp³-hybridized carbons (Fsp3) is 0.333. The fourth-order valence-corrected chi connectivity index (χ4v) is 1.29. The number of carbonyl (C=O) groups is 2. The number of anilines is 1. The van der Waals surface area contributed by atoms with Crippen LogP contribution in [-0.4, -0.2) is 24.4 Å². The summed E-state index contributed by atoms with van der Waals surface area (Å²) in [6, 6.07) is 4.94. The molecule has 0 spiro atoms.